The Labute approximate surface area is 82.9 Å². The van der Waals surface area contributed by atoms with Crippen molar-refractivity contribution in [2.75, 3.05) is 25.9 Å². The Balaban J connectivity index is 3.04. The van der Waals surface area contributed by atoms with E-state index in [4.69, 9.17) is 0 Å². The third-order valence-electron chi connectivity index (χ3n) is 2.09. The summed E-state index contributed by atoms with van der Waals surface area (Å²) in [7, 11) is 2.22. The van der Waals surface area contributed by atoms with Crippen LogP contribution in [-0.4, -0.2) is 30.8 Å². The molecule has 0 atom stereocenters. The van der Waals surface area contributed by atoms with E-state index in [0.29, 0.717) is 0 Å². The summed E-state index contributed by atoms with van der Waals surface area (Å²) < 4.78 is 0. The summed E-state index contributed by atoms with van der Waals surface area (Å²) in [5, 5.41) is 0. The van der Waals surface area contributed by atoms with Gasteiger partial charge in [0.25, 0.3) is 0 Å². The molecule has 0 unspecified atom stereocenters. The molecule has 0 saturated heterocycles. The number of unbranched alkanes of at least 4 members (excludes halogenated alkanes) is 3. The average Bonchev–Trinajstić information content (AvgIpc) is 2.06. The fraction of sp³-hybridized carbons (Fsp3) is 1.00. The first-order chi connectivity index (χ1) is 5.81. The van der Waals surface area contributed by atoms with E-state index >= 15 is 0 Å². The maximum absolute atomic E-state index is 4.19. The summed E-state index contributed by atoms with van der Waals surface area (Å²) in [5.74, 6) is 1.03. The largest absolute Gasteiger partial charge is 0.306 e. The first-order valence-corrected chi connectivity index (χ1v) is 5.74. The van der Waals surface area contributed by atoms with Gasteiger partial charge in [-0.15, -0.1) is 0 Å². The van der Waals surface area contributed by atoms with Crippen molar-refractivity contribution in [3.8, 4) is 0 Å². The van der Waals surface area contributed by atoms with Crippen molar-refractivity contribution >= 4 is 12.6 Å². The van der Waals surface area contributed by atoms with E-state index < -0.39 is 0 Å². The van der Waals surface area contributed by atoms with Crippen LogP contribution in [0.3, 0.4) is 0 Å². The van der Waals surface area contributed by atoms with Crippen LogP contribution in [0, 0.1) is 0 Å². The number of rotatable bonds is 8. The Bertz CT molecular complexity index is 75.9. The summed E-state index contributed by atoms with van der Waals surface area (Å²) in [6.45, 7) is 4.76. The van der Waals surface area contributed by atoms with Crippen LogP contribution in [0.25, 0.3) is 0 Å². The van der Waals surface area contributed by atoms with E-state index in [1.165, 1.54) is 45.2 Å². The minimum absolute atomic E-state index is 1.03. The summed E-state index contributed by atoms with van der Waals surface area (Å²) in [5.41, 5.74) is 0. The fourth-order valence-electron chi connectivity index (χ4n) is 1.24. The highest BCUT2D eigenvalue weighted by atomic mass is 32.1. The Morgan fingerprint density at radius 3 is 2.08 bits per heavy atom. The van der Waals surface area contributed by atoms with Gasteiger partial charge in [0.2, 0.25) is 0 Å². The lowest BCUT2D eigenvalue weighted by Crippen LogP contribution is -2.20. The molecular weight excluding hydrogens is 166 g/mol. The topological polar surface area (TPSA) is 3.24 Å². The molecule has 0 aliphatic carbocycles. The zero-order valence-corrected chi connectivity index (χ0v) is 9.45. The molecule has 0 spiro atoms. The third-order valence-corrected chi connectivity index (χ3v) is 2.41. The van der Waals surface area contributed by atoms with E-state index in [9.17, 15) is 0 Å². The molecule has 1 nitrogen and oxygen atoms in total. The maximum atomic E-state index is 4.19. The molecule has 0 N–H and O–H groups in total. The van der Waals surface area contributed by atoms with Crippen LogP contribution in [-0.2, 0) is 0 Å². The van der Waals surface area contributed by atoms with E-state index in [1.807, 2.05) is 0 Å². The van der Waals surface area contributed by atoms with Crippen LogP contribution in [0.5, 0.6) is 0 Å². The highest BCUT2D eigenvalue weighted by Gasteiger charge is 1.96. The molecule has 0 aromatic heterocycles. The Hall–Kier alpha value is 0.310. The zero-order valence-electron chi connectivity index (χ0n) is 8.55. The van der Waals surface area contributed by atoms with Crippen molar-refractivity contribution in [2.45, 2.75) is 39.0 Å². The molecule has 0 aromatic rings. The minimum atomic E-state index is 1.03. The molecule has 0 heterocycles. The van der Waals surface area contributed by atoms with E-state index in [2.05, 4.69) is 31.5 Å². The fourth-order valence-corrected chi connectivity index (χ4v) is 1.46. The van der Waals surface area contributed by atoms with Crippen molar-refractivity contribution < 1.29 is 0 Å². The predicted molar refractivity (Wildman–Crippen MR) is 60.1 cm³/mol. The van der Waals surface area contributed by atoms with Gasteiger partial charge in [-0.3, -0.25) is 0 Å². The molecule has 74 valence electrons. The molecule has 0 fully saturated rings. The monoisotopic (exact) mass is 189 g/mol. The first kappa shape index (κ1) is 12.3. The van der Waals surface area contributed by atoms with E-state index in [0.717, 1.165) is 5.75 Å². The van der Waals surface area contributed by atoms with Gasteiger partial charge in [-0.2, -0.15) is 12.6 Å². The quantitative estimate of drug-likeness (QED) is 0.454. The number of nitrogens with zero attached hydrogens (tertiary/aromatic N) is 1. The highest BCUT2D eigenvalue weighted by molar-refractivity contribution is 7.80. The summed E-state index contributed by atoms with van der Waals surface area (Å²) in [6.07, 6.45) is 6.60. The lowest BCUT2D eigenvalue weighted by Gasteiger charge is -2.15. The minimum Gasteiger partial charge on any atom is -0.306 e. The molecule has 0 radical (unpaired) electrons. The van der Waals surface area contributed by atoms with Crippen LogP contribution in [0.2, 0.25) is 0 Å². The van der Waals surface area contributed by atoms with Gasteiger partial charge in [-0.1, -0.05) is 19.8 Å². The van der Waals surface area contributed by atoms with Crippen LogP contribution < -0.4 is 0 Å². The summed E-state index contributed by atoms with van der Waals surface area (Å²) >= 11 is 4.19. The Kier molecular flexibility index (Phi) is 9.64. The second kappa shape index (κ2) is 9.40. The molecule has 0 amide bonds. The molecule has 0 bridgehead atoms. The first-order valence-electron chi connectivity index (χ1n) is 5.10. The van der Waals surface area contributed by atoms with Gasteiger partial charge in [0, 0.05) is 0 Å². The van der Waals surface area contributed by atoms with Crippen LogP contribution in [0.4, 0.5) is 0 Å². The molecule has 0 aliphatic rings. The molecule has 0 saturated carbocycles. The second-order valence-electron chi connectivity index (χ2n) is 3.44. The van der Waals surface area contributed by atoms with E-state index in [-0.39, 0.29) is 0 Å². The SMILES string of the molecule is CCCCCN(C)CCCCS. The average molecular weight is 189 g/mol. The molecule has 0 aromatic carbocycles. The third kappa shape index (κ3) is 8.41. The standard InChI is InChI=1S/C10H23NS/c1-3-4-5-8-11(2)9-6-7-10-12/h12H,3-10H2,1-2H3. The summed E-state index contributed by atoms with van der Waals surface area (Å²) in [4.78, 5) is 2.43. The lowest BCUT2D eigenvalue weighted by atomic mass is 10.2. The van der Waals surface area contributed by atoms with Crippen LogP contribution >= 0.6 is 12.6 Å². The highest BCUT2D eigenvalue weighted by Crippen LogP contribution is 1.99. The summed E-state index contributed by atoms with van der Waals surface area (Å²) in [6, 6.07) is 0. The van der Waals surface area contributed by atoms with Gasteiger partial charge in [-0.25, -0.2) is 0 Å². The molecule has 0 aliphatic heterocycles. The van der Waals surface area contributed by atoms with Gasteiger partial charge in [0.1, 0.15) is 0 Å². The normalized spacial score (nSPS) is 11.0. The number of thiol groups is 1. The Morgan fingerprint density at radius 2 is 1.58 bits per heavy atom. The predicted octanol–water partition coefficient (Wildman–Crippen LogP) is 2.82. The molecular formula is C10H23NS. The number of hydrogen-bond acceptors (Lipinski definition) is 2. The zero-order chi connectivity index (χ0) is 9.23. The smallest absolute Gasteiger partial charge is 0.00215 e. The Morgan fingerprint density at radius 1 is 1.00 bits per heavy atom. The van der Waals surface area contributed by atoms with Crippen molar-refractivity contribution in [1.82, 2.24) is 4.90 Å². The lowest BCUT2D eigenvalue weighted by molar-refractivity contribution is 0.320. The van der Waals surface area contributed by atoms with Crippen LogP contribution in [0.1, 0.15) is 39.0 Å². The van der Waals surface area contributed by atoms with Crippen molar-refractivity contribution in [2.24, 2.45) is 0 Å². The van der Waals surface area contributed by atoms with Gasteiger partial charge in [-0.05, 0) is 45.2 Å². The van der Waals surface area contributed by atoms with Gasteiger partial charge in [0.15, 0.2) is 0 Å². The van der Waals surface area contributed by atoms with Gasteiger partial charge < -0.3 is 4.90 Å². The molecule has 0 rings (SSSR count). The second-order valence-corrected chi connectivity index (χ2v) is 3.89. The van der Waals surface area contributed by atoms with Gasteiger partial charge in [0.05, 0.1) is 0 Å². The van der Waals surface area contributed by atoms with E-state index in [1.54, 1.807) is 0 Å². The van der Waals surface area contributed by atoms with Crippen LogP contribution in [0.15, 0.2) is 0 Å². The maximum Gasteiger partial charge on any atom is -0.00215 e. The number of hydrogen-bond donors (Lipinski definition) is 1. The van der Waals surface area contributed by atoms with Crippen molar-refractivity contribution in [3.63, 3.8) is 0 Å². The molecule has 2 heteroatoms. The van der Waals surface area contributed by atoms with Gasteiger partial charge >= 0.3 is 0 Å². The molecule has 12 heavy (non-hydrogen) atoms. The van der Waals surface area contributed by atoms with Crippen molar-refractivity contribution in [1.29, 1.82) is 0 Å². The van der Waals surface area contributed by atoms with Crippen molar-refractivity contribution in [3.05, 3.63) is 0 Å².